The summed E-state index contributed by atoms with van der Waals surface area (Å²) in [6.45, 7) is 0.439. The number of nitrogens with two attached hydrogens (primary N) is 1. The van der Waals surface area contributed by atoms with E-state index in [2.05, 4.69) is 4.98 Å². The van der Waals surface area contributed by atoms with Crippen LogP contribution in [0.3, 0.4) is 0 Å². The summed E-state index contributed by atoms with van der Waals surface area (Å²) in [5.41, 5.74) is 7.36. The predicted molar refractivity (Wildman–Crippen MR) is 83.6 cm³/mol. The second-order valence-electron chi connectivity index (χ2n) is 4.77. The molecule has 110 valence electrons. The molecule has 0 radical (unpaired) electrons. The Balaban J connectivity index is 1.87. The summed E-state index contributed by atoms with van der Waals surface area (Å²) in [4.78, 5) is 14.4. The van der Waals surface area contributed by atoms with Crippen LogP contribution in [0.2, 0.25) is 0 Å². The Kier molecular flexibility index (Phi) is 3.57. The zero-order valence-electron chi connectivity index (χ0n) is 11.6. The van der Waals surface area contributed by atoms with E-state index in [-0.39, 0.29) is 11.4 Å². The van der Waals surface area contributed by atoms with Crippen LogP contribution in [-0.4, -0.2) is 9.91 Å². The fourth-order valence-electron chi connectivity index (χ4n) is 2.16. The number of benzene rings is 2. The summed E-state index contributed by atoms with van der Waals surface area (Å²) in [6.07, 6.45) is 1.17. The van der Waals surface area contributed by atoms with Crippen molar-refractivity contribution in [3.05, 3.63) is 70.4 Å². The van der Waals surface area contributed by atoms with E-state index in [1.165, 1.54) is 6.20 Å². The van der Waals surface area contributed by atoms with E-state index in [1.807, 2.05) is 30.3 Å². The number of hydrogen-bond acceptors (Lipinski definition) is 5. The number of nitrogens with zero attached hydrogens (tertiary/aromatic N) is 2. The second kappa shape index (κ2) is 5.69. The van der Waals surface area contributed by atoms with E-state index >= 15 is 0 Å². The maximum absolute atomic E-state index is 10.9. The van der Waals surface area contributed by atoms with Crippen molar-refractivity contribution in [1.29, 1.82) is 0 Å². The molecule has 6 nitrogen and oxygen atoms in total. The van der Waals surface area contributed by atoms with Crippen LogP contribution in [0.15, 0.2) is 54.7 Å². The van der Waals surface area contributed by atoms with Gasteiger partial charge in [-0.15, -0.1) is 0 Å². The number of anilines is 1. The van der Waals surface area contributed by atoms with Crippen LogP contribution in [0.25, 0.3) is 10.9 Å². The first-order chi connectivity index (χ1) is 10.6. The molecule has 3 aromatic rings. The molecule has 0 amide bonds. The molecule has 0 saturated heterocycles. The normalized spacial score (nSPS) is 10.5. The first kappa shape index (κ1) is 13.8. The van der Waals surface area contributed by atoms with Crippen LogP contribution in [0, 0.1) is 10.1 Å². The summed E-state index contributed by atoms with van der Waals surface area (Å²) >= 11 is 0. The summed E-state index contributed by atoms with van der Waals surface area (Å²) in [5.74, 6) is 0.636. The first-order valence-corrected chi connectivity index (χ1v) is 6.64. The van der Waals surface area contributed by atoms with Gasteiger partial charge in [0.05, 0.1) is 10.4 Å². The summed E-state index contributed by atoms with van der Waals surface area (Å²) < 4.78 is 5.70. The topological polar surface area (TPSA) is 91.3 Å². The lowest BCUT2D eigenvalue weighted by atomic mass is 10.1. The molecular weight excluding hydrogens is 282 g/mol. The summed E-state index contributed by atoms with van der Waals surface area (Å²) in [5, 5.41) is 11.4. The van der Waals surface area contributed by atoms with E-state index in [9.17, 15) is 10.1 Å². The summed E-state index contributed by atoms with van der Waals surface area (Å²) in [7, 11) is 0. The number of aromatic nitrogens is 1. The van der Waals surface area contributed by atoms with Crippen molar-refractivity contribution in [3.8, 4) is 5.75 Å². The third kappa shape index (κ3) is 2.67. The Bertz CT molecular complexity index is 835. The molecule has 0 aliphatic rings. The number of rotatable bonds is 4. The number of ether oxygens (including phenoxy) is 1. The fourth-order valence-corrected chi connectivity index (χ4v) is 2.16. The lowest BCUT2D eigenvalue weighted by Crippen LogP contribution is -1.99. The van der Waals surface area contributed by atoms with Crippen molar-refractivity contribution < 1.29 is 9.66 Å². The molecule has 0 fully saturated rings. The highest BCUT2D eigenvalue weighted by Crippen LogP contribution is 2.30. The van der Waals surface area contributed by atoms with E-state index in [0.29, 0.717) is 23.3 Å². The Hall–Kier alpha value is -3.15. The average molecular weight is 295 g/mol. The van der Waals surface area contributed by atoms with Crippen molar-refractivity contribution in [1.82, 2.24) is 4.98 Å². The van der Waals surface area contributed by atoms with Crippen molar-refractivity contribution in [2.75, 3.05) is 5.73 Å². The zero-order chi connectivity index (χ0) is 15.5. The largest absolute Gasteiger partial charge is 0.489 e. The van der Waals surface area contributed by atoms with E-state index < -0.39 is 4.92 Å². The summed E-state index contributed by atoms with van der Waals surface area (Å²) in [6, 6.07) is 14.9. The second-order valence-corrected chi connectivity index (χ2v) is 4.77. The SMILES string of the molecule is Nc1c([N+](=O)[O-])cnc2cc(OCc3ccccc3)ccc12. The van der Waals surface area contributed by atoms with Crippen molar-refractivity contribution in [2.24, 2.45) is 0 Å². The maximum Gasteiger partial charge on any atom is 0.310 e. The standard InChI is InChI=1S/C16H13N3O3/c17-16-13-7-6-12(22-10-11-4-2-1-3-5-11)8-14(13)18-9-15(16)19(20)21/h1-9H,10H2,(H2,17,18). The van der Waals surface area contributed by atoms with Gasteiger partial charge in [0.1, 0.15) is 24.2 Å². The molecule has 22 heavy (non-hydrogen) atoms. The quantitative estimate of drug-likeness (QED) is 0.589. The van der Waals surface area contributed by atoms with Gasteiger partial charge in [0.2, 0.25) is 0 Å². The number of hydrogen-bond donors (Lipinski definition) is 1. The number of nitro groups is 1. The number of fused-ring (bicyclic) bond motifs is 1. The molecule has 1 heterocycles. The fraction of sp³-hybridized carbons (Fsp3) is 0.0625. The Morgan fingerprint density at radius 2 is 1.95 bits per heavy atom. The molecule has 0 aliphatic heterocycles. The highest BCUT2D eigenvalue weighted by molar-refractivity contribution is 5.94. The van der Waals surface area contributed by atoms with Crippen LogP contribution >= 0.6 is 0 Å². The molecule has 0 atom stereocenters. The number of nitrogen functional groups attached to an aromatic ring is 1. The average Bonchev–Trinajstić information content (AvgIpc) is 2.54. The van der Waals surface area contributed by atoms with Crippen molar-refractivity contribution in [2.45, 2.75) is 6.61 Å². The molecule has 0 saturated carbocycles. The van der Waals surface area contributed by atoms with Gasteiger partial charge in [0, 0.05) is 11.5 Å². The van der Waals surface area contributed by atoms with Gasteiger partial charge in [0.15, 0.2) is 0 Å². The van der Waals surface area contributed by atoms with Gasteiger partial charge in [-0.05, 0) is 17.7 Å². The van der Waals surface area contributed by atoms with E-state index in [1.54, 1.807) is 18.2 Å². The van der Waals surface area contributed by atoms with Crippen LogP contribution in [0.4, 0.5) is 11.4 Å². The van der Waals surface area contributed by atoms with Gasteiger partial charge < -0.3 is 10.5 Å². The smallest absolute Gasteiger partial charge is 0.310 e. The lowest BCUT2D eigenvalue weighted by Gasteiger charge is -2.08. The lowest BCUT2D eigenvalue weighted by molar-refractivity contribution is -0.384. The molecule has 2 aromatic carbocycles. The third-order valence-corrected chi connectivity index (χ3v) is 3.31. The molecular formula is C16H13N3O3. The molecule has 0 unspecified atom stereocenters. The van der Waals surface area contributed by atoms with Crippen molar-refractivity contribution >= 4 is 22.3 Å². The van der Waals surface area contributed by atoms with Gasteiger partial charge >= 0.3 is 5.69 Å². The molecule has 0 spiro atoms. The Morgan fingerprint density at radius 3 is 2.68 bits per heavy atom. The highest BCUT2D eigenvalue weighted by atomic mass is 16.6. The van der Waals surface area contributed by atoms with Crippen LogP contribution in [0.5, 0.6) is 5.75 Å². The Labute approximate surface area is 126 Å². The molecule has 3 rings (SSSR count). The van der Waals surface area contributed by atoms with Crippen LogP contribution < -0.4 is 10.5 Å². The third-order valence-electron chi connectivity index (χ3n) is 3.31. The van der Waals surface area contributed by atoms with Gasteiger partial charge in [-0.2, -0.15) is 0 Å². The minimum atomic E-state index is -0.540. The Morgan fingerprint density at radius 1 is 1.18 bits per heavy atom. The van der Waals surface area contributed by atoms with Gasteiger partial charge in [-0.1, -0.05) is 30.3 Å². The zero-order valence-corrected chi connectivity index (χ0v) is 11.6. The predicted octanol–water partition coefficient (Wildman–Crippen LogP) is 3.30. The first-order valence-electron chi connectivity index (χ1n) is 6.64. The van der Waals surface area contributed by atoms with Crippen LogP contribution in [-0.2, 0) is 6.61 Å². The van der Waals surface area contributed by atoms with Gasteiger partial charge in [-0.3, -0.25) is 10.1 Å². The number of pyridine rings is 1. The minimum Gasteiger partial charge on any atom is -0.489 e. The molecule has 6 heteroatoms. The van der Waals surface area contributed by atoms with E-state index in [0.717, 1.165) is 5.56 Å². The molecule has 1 aromatic heterocycles. The maximum atomic E-state index is 10.9. The van der Waals surface area contributed by atoms with Gasteiger partial charge in [0.25, 0.3) is 0 Å². The molecule has 0 aliphatic carbocycles. The minimum absolute atomic E-state index is 0.115. The van der Waals surface area contributed by atoms with Crippen molar-refractivity contribution in [3.63, 3.8) is 0 Å². The highest BCUT2D eigenvalue weighted by Gasteiger charge is 2.15. The monoisotopic (exact) mass is 295 g/mol. The van der Waals surface area contributed by atoms with Gasteiger partial charge in [-0.25, -0.2) is 4.98 Å². The molecule has 0 bridgehead atoms. The van der Waals surface area contributed by atoms with E-state index in [4.69, 9.17) is 10.5 Å². The van der Waals surface area contributed by atoms with Crippen LogP contribution in [0.1, 0.15) is 5.56 Å². The molecule has 2 N–H and O–H groups in total.